The number of nitrogens with zero attached hydrogens (tertiary/aromatic N) is 2. The van der Waals surface area contributed by atoms with E-state index in [0.717, 1.165) is 13.1 Å². The highest BCUT2D eigenvalue weighted by atomic mass is 16.6. The Balaban J connectivity index is 2.41. The van der Waals surface area contributed by atoms with E-state index in [1.165, 1.54) is 0 Å². The summed E-state index contributed by atoms with van der Waals surface area (Å²) in [7, 11) is 0. The number of carbonyl (C=O) groups is 1. The smallest absolute Gasteiger partial charge is 0.410 e. The molecular formula is C12H20N2O2. The molecule has 1 amide bonds. The van der Waals surface area contributed by atoms with E-state index in [1.54, 1.807) is 4.90 Å². The molecule has 0 aromatic carbocycles. The van der Waals surface area contributed by atoms with Gasteiger partial charge in [0.1, 0.15) is 5.60 Å². The molecule has 0 bridgehead atoms. The summed E-state index contributed by atoms with van der Waals surface area (Å²) in [5, 5.41) is 0. The van der Waals surface area contributed by atoms with Crippen molar-refractivity contribution in [2.45, 2.75) is 33.3 Å². The quantitative estimate of drug-likeness (QED) is 0.585. The molecule has 0 aromatic heterocycles. The Morgan fingerprint density at radius 2 is 1.75 bits per heavy atom. The second-order valence-electron chi connectivity index (χ2n) is 4.82. The maximum absolute atomic E-state index is 11.7. The molecule has 1 aliphatic heterocycles. The van der Waals surface area contributed by atoms with E-state index < -0.39 is 5.60 Å². The van der Waals surface area contributed by atoms with Gasteiger partial charge in [0.05, 0.1) is 0 Å². The van der Waals surface area contributed by atoms with E-state index in [0.29, 0.717) is 13.1 Å². The maximum Gasteiger partial charge on any atom is 0.410 e. The maximum atomic E-state index is 11.7. The van der Waals surface area contributed by atoms with Crippen molar-refractivity contribution >= 4 is 6.09 Å². The average molecular weight is 224 g/mol. The first-order valence-electron chi connectivity index (χ1n) is 5.57. The first-order chi connectivity index (χ1) is 7.42. The van der Waals surface area contributed by atoms with Gasteiger partial charge in [-0.05, 0) is 27.7 Å². The molecule has 90 valence electrons. The lowest BCUT2D eigenvalue weighted by Crippen LogP contribution is -2.48. The first-order valence-corrected chi connectivity index (χ1v) is 5.57. The third kappa shape index (κ3) is 4.01. The van der Waals surface area contributed by atoms with Crippen molar-refractivity contribution in [3.8, 4) is 12.0 Å². The third-order valence-electron chi connectivity index (χ3n) is 2.20. The number of amides is 1. The lowest BCUT2D eigenvalue weighted by molar-refractivity contribution is 0.0182. The summed E-state index contributed by atoms with van der Waals surface area (Å²) in [5.41, 5.74) is -0.419. The predicted octanol–water partition coefficient (Wildman–Crippen LogP) is 1.52. The predicted molar refractivity (Wildman–Crippen MR) is 62.8 cm³/mol. The van der Waals surface area contributed by atoms with Crippen LogP contribution in [0.2, 0.25) is 0 Å². The zero-order valence-electron chi connectivity index (χ0n) is 10.5. The van der Waals surface area contributed by atoms with Crippen molar-refractivity contribution in [2.75, 3.05) is 26.2 Å². The molecule has 1 saturated heterocycles. The highest BCUT2D eigenvalue weighted by Crippen LogP contribution is 2.11. The summed E-state index contributed by atoms with van der Waals surface area (Å²) < 4.78 is 5.30. The number of rotatable bonds is 0. The monoisotopic (exact) mass is 224 g/mol. The normalized spacial score (nSPS) is 16.5. The van der Waals surface area contributed by atoms with E-state index >= 15 is 0 Å². The van der Waals surface area contributed by atoms with Crippen molar-refractivity contribution in [1.29, 1.82) is 0 Å². The molecule has 0 atom stereocenters. The Morgan fingerprint density at radius 1 is 1.19 bits per heavy atom. The van der Waals surface area contributed by atoms with Crippen LogP contribution >= 0.6 is 0 Å². The van der Waals surface area contributed by atoms with Crippen LogP contribution in [0.5, 0.6) is 0 Å². The number of ether oxygens (including phenoxy) is 1. The van der Waals surface area contributed by atoms with Gasteiger partial charge in [-0.1, -0.05) is 5.92 Å². The minimum Gasteiger partial charge on any atom is -0.444 e. The van der Waals surface area contributed by atoms with Gasteiger partial charge in [0, 0.05) is 32.2 Å². The molecule has 0 spiro atoms. The third-order valence-corrected chi connectivity index (χ3v) is 2.20. The molecule has 1 fully saturated rings. The molecule has 16 heavy (non-hydrogen) atoms. The summed E-state index contributed by atoms with van der Waals surface area (Å²) in [6.45, 7) is 10.4. The molecule has 0 saturated carbocycles. The summed E-state index contributed by atoms with van der Waals surface area (Å²) in [4.78, 5) is 15.5. The van der Waals surface area contributed by atoms with Crippen molar-refractivity contribution in [3.63, 3.8) is 0 Å². The Hall–Kier alpha value is -1.37. The summed E-state index contributed by atoms with van der Waals surface area (Å²) >= 11 is 0. The number of carbonyl (C=O) groups excluding carboxylic acids is 1. The molecule has 0 aliphatic carbocycles. The lowest BCUT2D eigenvalue weighted by atomic mass is 10.2. The molecule has 0 N–H and O–H groups in total. The largest absolute Gasteiger partial charge is 0.444 e. The van der Waals surface area contributed by atoms with E-state index in [-0.39, 0.29) is 6.09 Å². The first kappa shape index (κ1) is 12.7. The van der Waals surface area contributed by atoms with Gasteiger partial charge in [-0.2, -0.15) is 0 Å². The molecule has 1 heterocycles. The van der Waals surface area contributed by atoms with Gasteiger partial charge in [-0.3, -0.25) is 0 Å². The molecule has 4 nitrogen and oxygen atoms in total. The lowest BCUT2D eigenvalue weighted by Gasteiger charge is -2.33. The van der Waals surface area contributed by atoms with Crippen molar-refractivity contribution in [3.05, 3.63) is 0 Å². The van der Waals surface area contributed by atoms with Crippen LogP contribution in [-0.2, 0) is 4.74 Å². The van der Waals surface area contributed by atoms with Gasteiger partial charge in [0.2, 0.25) is 0 Å². The van der Waals surface area contributed by atoms with E-state index in [4.69, 9.17) is 4.74 Å². The zero-order chi connectivity index (χ0) is 12.2. The molecule has 0 unspecified atom stereocenters. The summed E-state index contributed by atoms with van der Waals surface area (Å²) in [5.74, 6) is 2.86. The van der Waals surface area contributed by atoms with Crippen LogP contribution in [0.4, 0.5) is 4.79 Å². The molecular weight excluding hydrogens is 204 g/mol. The number of piperazine rings is 1. The Labute approximate surface area is 97.5 Å². The number of hydrogen-bond acceptors (Lipinski definition) is 3. The van der Waals surface area contributed by atoms with Crippen LogP contribution in [0, 0.1) is 12.0 Å². The van der Waals surface area contributed by atoms with Gasteiger partial charge >= 0.3 is 6.09 Å². The van der Waals surface area contributed by atoms with Gasteiger partial charge in [0.15, 0.2) is 0 Å². The van der Waals surface area contributed by atoms with Crippen molar-refractivity contribution < 1.29 is 9.53 Å². The van der Waals surface area contributed by atoms with E-state index in [2.05, 4.69) is 12.0 Å². The standard InChI is InChI=1S/C12H20N2O2/c1-5-6-13-7-9-14(10-8-13)11(15)16-12(2,3)4/h7-10H2,1-4H3. The average Bonchev–Trinajstić information content (AvgIpc) is 2.16. The minimum absolute atomic E-state index is 0.225. The van der Waals surface area contributed by atoms with E-state index in [1.807, 2.05) is 32.6 Å². The molecule has 0 radical (unpaired) electrons. The molecule has 0 aromatic rings. The van der Waals surface area contributed by atoms with Crippen LogP contribution in [0.15, 0.2) is 0 Å². The minimum atomic E-state index is -0.419. The molecule has 1 aliphatic rings. The second-order valence-corrected chi connectivity index (χ2v) is 4.82. The van der Waals surface area contributed by atoms with Gasteiger partial charge < -0.3 is 14.5 Å². The summed E-state index contributed by atoms with van der Waals surface area (Å²) in [6, 6.07) is 3.00. The Kier molecular flexibility index (Phi) is 4.05. The Morgan fingerprint density at radius 3 is 2.19 bits per heavy atom. The van der Waals surface area contributed by atoms with Crippen molar-refractivity contribution in [2.24, 2.45) is 0 Å². The summed E-state index contributed by atoms with van der Waals surface area (Å²) in [6.07, 6.45) is -0.225. The Bertz CT molecular complexity index is 301. The highest BCUT2D eigenvalue weighted by molar-refractivity contribution is 5.68. The van der Waals surface area contributed by atoms with Crippen LogP contribution in [0.1, 0.15) is 27.7 Å². The molecule has 1 rings (SSSR count). The van der Waals surface area contributed by atoms with Crippen LogP contribution in [-0.4, -0.2) is 47.7 Å². The fourth-order valence-corrected chi connectivity index (χ4v) is 1.49. The van der Waals surface area contributed by atoms with E-state index in [9.17, 15) is 4.79 Å². The van der Waals surface area contributed by atoms with Crippen LogP contribution in [0.25, 0.3) is 0 Å². The highest BCUT2D eigenvalue weighted by Gasteiger charge is 2.24. The van der Waals surface area contributed by atoms with Crippen LogP contribution < -0.4 is 0 Å². The van der Waals surface area contributed by atoms with Gasteiger partial charge in [-0.25, -0.2) is 4.79 Å². The van der Waals surface area contributed by atoms with Gasteiger partial charge in [0.25, 0.3) is 0 Å². The number of hydrogen-bond donors (Lipinski definition) is 0. The second kappa shape index (κ2) is 5.11. The van der Waals surface area contributed by atoms with Crippen LogP contribution in [0.3, 0.4) is 0 Å². The fourth-order valence-electron chi connectivity index (χ4n) is 1.49. The molecule has 4 heteroatoms. The zero-order valence-corrected chi connectivity index (χ0v) is 10.5. The topological polar surface area (TPSA) is 32.8 Å². The fraction of sp³-hybridized carbons (Fsp3) is 0.750. The van der Waals surface area contributed by atoms with Crippen molar-refractivity contribution in [1.82, 2.24) is 9.80 Å². The SMILES string of the molecule is CC#CN1CCN(C(=O)OC(C)(C)C)CC1. The van der Waals surface area contributed by atoms with Gasteiger partial charge in [-0.15, -0.1) is 0 Å².